The maximum atomic E-state index is 11.5. The SMILES string of the molecule is COC(=O)CC1=C(C)C=CN(NC(C=O)c2ccccc2)C1. The molecule has 0 fully saturated rings. The predicted molar refractivity (Wildman–Crippen MR) is 83.6 cm³/mol. The van der Waals surface area contributed by atoms with E-state index in [2.05, 4.69) is 5.43 Å². The van der Waals surface area contributed by atoms with E-state index in [1.54, 1.807) is 0 Å². The Morgan fingerprint density at radius 1 is 1.41 bits per heavy atom. The van der Waals surface area contributed by atoms with Crippen molar-refractivity contribution in [3.8, 4) is 0 Å². The summed E-state index contributed by atoms with van der Waals surface area (Å²) in [6.07, 6.45) is 4.91. The molecule has 1 heterocycles. The highest BCUT2D eigenvalue weighted by Crippen LogP contribution is 2.19. The van der Waals surface area contributed by atoms with Crippen LogP contribution in [0.2, 0.25) is 0 Å². The Morgan fingerprint density at radius 2 is 2.14 bits per heavy atom. The largest absolute Gasteiger partial charge is 0.469 e. The zero-order valence-corrected chi connectivity index (χ0v) is 12.8. The van der Waals surface area contributed by atoms with Gasteiger partial charge < -0.3 is 14.5 Å². The molecular formula is C17H20N2O3. The highest BCUT2D eigenvalue weighted by molar-refractivity contribution is 5.73. The average molecular weight is 300 g/mol. The lowest BCUT2D eigenvalue weighted by molar-refractivity contribution is -0.139. The Labute approximate surface area is 130 Å². The van der Waals surface area contributed by atoms with Gasteiger partial charge >= 0.3 is 5.97 Å². The van der Waals surface area contributed by atoms with Crippen LogP contribution in [0.3, 0.4) is 0 Å². The lowest BCUT2D eigenvalue weighted by atomic mass is 10.0. The number of nitrogens with zero attached hydrogens (tertiary/aromatic N) is 1. The summed E-state index contributed by atoms with van der Waals surface area (Å²) in [6.45, 7) is 2.50. The van der Waals surface area contributed by atoms with E-state index in [9.17, 15) is 9.59 Å². The van der Waals surface area contributed by atoms with Crippen LogP contribution in [0.1, 0.15) is 24.9 Å². The number of hydrogen-bond donors (Lipinski definition) is 1. The first-order valence-electron chi connectivity index (χ1n) is 7.10. The molecule has 0 aromatic heterocycles. The molecule has 5 nitrogen and oxygen atoms in total. The van der Waals surface area contributed by atoms with Gasteiger partial charge in [0.05, 0.1) is 20.1 Å². The van der Waals surface area contributed by atoms with E-state index in [-0.39, 0.29) is 12.4 Å². The Morgan fingerprint density at radius 3 is 2.77 bits per heavy atom. The molecule has 0 bridgehead atoms. The van der Waals surface area contributed by atoms with Crippen molar-refractivity contribution in [2.45, 2.75) is 19.4 Å². The van der Waals surface area contributed by atoms with E-state index < -0.39 is 6.04 Å². The third kappa shape index (κ3) is 4.05. The van der Waals surface area contributed by atoms with E-state index in [0.29, 0.717) is 6.54 Å². The van der Waals surface area contributed by atoms with Gasteiger partial charge in [-0.1, -0.05) is 30.3 Å². The van der Waals surface area contributed by atoms with Crippen LogP contribution in [0.4, 0.5) is 0 Å². The van der Waals surface area contributed by atoms with E-state index in [1.807, 2.05) is 54.5 Å². The van der Waals surface area contributed by atoms with Gasteiger partial charge in [-0.3, -0.25) is 4.79 Å². The van der Waals surface area contributed by atoms with Gasteiger partial charge in [0.15, 0.2) is 0 Å². The number of methoxy groups -OCH3 is 1. The van der Waals surface area contributed by atoms with Crippen LogP contribution in [0.15, 0.2) is 53.8 Å². The number of rotatable bonds is 6. The minimum absolute atomic E-state index is 0.252. The number of ether oxygens (including phenoxy) is 1. The average Bonchev–Trinajstić information content (AvgIpc) is 2.56. The summed E-state index contributed by atoms with van der Waals surface area (Å²) in [7, 11) is 1.38. The van der Waals surface area contributed by atoms with Crippen LogP contribution in [-0.4, -0.2) is 30.9 Å². The van der Waals surface area contributed by atoms with Crippen molar-refractivity contribution in [1.82, 2.24) is 10.4 Å². The van der Waals surface area contributed by atoms with Crippen LogP contribution >= 0.6 is 0 Å². The standard InChI is InChI=1S/C17H20N2O3/c1-13-8-9-19(11-15(13)10-17(21)22-2)18-16(12-20)14-6-4-3-5-7-14/h3-9,12,16,18H,10-11H2,1-2H3. The molecule has 0 amide bonds. The minimum atomic E-state index is -0.427. The van der Waals surface area contributed by atoms with E-state index >= 15 is 0 Å². The highest BCUT2D eigenvalue weighted by Gasteiger charge is 2.18. The monoisotopic (exact) mass is 300 g/mol. The molecule has 1 aliphatic heterocycles. The van der Waals surface area contributed by atoms with Gasteiger partial charge in [0, 0.05) is 6.20 Å². The molecule has 22 heavy (non-hydrogen) atoms. The molecule has 0 spiro atoms. The number of hydrogen-bond acceptors (Lipinski definition) is 5. The Balaban J connectivity index is 2.04. The molecular weight excluding hydrogens is 280 g/mol. The van der Waals surface area contributed by atoms with Gasteiger partial charge in [0.25, 0.3) is 0 Å². The van der Waals surface area contributed by atoms with Gasteiger partial charge in [-0.2, -0.15) is 0 Å². The second-order valence-electron chi connectivity index (χ2n) is 5.14. The molecule has 2 rings (SSSR count). The van der Waals surface area contributed by atoms with Crippen molar-refractivity contribution in [3.63, 3.8) is 0 Å². The molecule has 1 unspecified atom stereocenters. The molecule has 0 saturated heterocycles. The number of nitrogens with one attached hydrogen (secondary N) is 1. The second-order valence-corrected chi connectivity index (χ2v) is 5.14. The molecule has 1 N–H and O–H groups in total. The lowest BCUT2D eigenvalue weighted by Crippen LogP contribution is -2.40. The first-order valence-corrected chi connectivity index (χ1v) is 7.10. The van der Waals surface area contributed by atoms with Crippen LogP contribution in [-0.2, 0) is 14.3 Å². The summed E-state index contributed by atoms with van der Waals surface area (Å²) in [4.78, 5) is 22.8. The van der Waals surface area contributed by atoms with Crippen LogP contribution < -0.4 is 5.43 Å². The maximum absolute atomic E-state index is 11.5. The van der Waals surface area contributed by atoms with E-state index in [1.165, 1.54) is 7.11 Å². The Bertz CT molecular complexity index is 593. The molecule has 0 aliphatic carbocycles. The fraction of sp³-hybridized carbons (Fsp3) is 0.294. The van der Waals surface area contributed by atoms with Gasteiger partial charge in [0.1, 0.15) is 12.3 Å². The summed E-state index contributed by atoms with van der Waals surface area (Å²) in [5.41, 5.74) is 6.07. The molecule has 0 radical (unpaired) electrons. The van der Waals surface area contributed by atoms with Gasteiger partial charge in [-0.25, -0.2) is 5.43 Å². The second kappa shape index (κ2) is 7.56. The van der Waals surface area contributed by atoms with Crippen molar-refractivity contribution >= 4 is 12.3 Å². The van der Waals surface area contributed by atoms with E-state index in [0.717, 1.165) is 23.0 Å². The lowest BCUT2D eigenvalue weighted by Gasteiger charge is -2.29. The maximum Gasteiger partial charge on any atom is 0.309 e. The summed E-state index contributed by atoms with van der Waals surface area (Å²) < 4.78 is 4.72. The first-order chi connectivity index (χ1) is 10.6. The zero-order valence-electron chi connectivity index (χ0n) is 12.8. The Hall–Kier alpha value is -2.40. The predicted octanol–water partition coefficient (Wildman–Crippen LogP) is 2.14. The Kier molecular flexibility index (Phi) is 5.49. The van der Waals surface area contributed by atoms with Gasteiger partial charge in [-0.15, -0.1) is 0 Å². The van der Waals surface area contributed by atoms with Crippen LogP contribution in [0, 0.1) is 0 Å². The van der Waals surface area contributed by atoms with Crippen molar-refractivity contribution in [2.75, 3.05) is 13.7 Å². The van der Waals surface area contributed by atoms with E-state index in [4.69, 9.17) is 4.74 Å². The molecule has 1 aromatic rings. The van der Waals surface area contributed by atoms with Crippen molar-refractivity contribution < 1.29 is 14.3 Å². The molecule has 1 aromatic carbocycles. The van der Waals surface area contributed by atoms with Gasteiger partial charge in [0.2, 0.25) is 0 Å². The number of allylic oxidation sites excluding steroid dienone is 2. The van der Waals surface area contributed by atoms with Crippen LogP contribution in [0.25, 0.3) is 0 Å². The van der Waals surface area contributed by atoms with Crippen molar-refractivity contribution in [3.05, 3.63) is 59.3 Å². The summed E-state index contributed by atoms with van der Waals surface area (Å²) in [5.74, 6) is -0.264. The third-order valence-corrected chi connectivity index (χ3v) is 3.61. The van der Waals surface area contributed by atoms with Crippen LogP contribution in [0.5, 0.6) is 0 Å². The normalized spacial score (nSPS) is 15.6. The van der Waals surface area contributed by atoms with Gasteiger partial charge in [-0.05, 0) is 29.7 Å². The molecule has 1 aliphatic rings. The highest BCUT2D eigenvalue weighted by atomic mass is 16.5. The minimum Gasteiger partial charge on any atom is -0.469 e. The molecule has 5 heteroatoms. The molecule has 1 atom stereocenters. The fourth-order valence-electron chi connectivity index (χ4n) is 2.26. The topological polar surface area (TPSA) is 58.6 Å². The number of carbonyl (C=O) groups excluding carboxylic acids is 2. The molecule has 0 saturated carbocycles. The number of aldehydes is 1. The fourth-order valence-corrected chi connectivity index (χ4v) is 2.26. The third-order valence-electron chi connectivity index (χ3n) is 3.61. The quantitative estimate of drug-likeness (QED) is 0.644. The van der Waals surface area contributed by atoms with Crippen molar-refractivity contribution in [1.29, 1.82) is 0 Å². The number of esters is 1. The number of carbonyl (C=O) groups is 2. The summed E-state index contributed by atoms with van der Waals surface area (Å²) in [6, 6.07) is 9.07. The zero-order chi connectivity index (χ0) is 15.9. The number of hydrazine groups is 1. The first kappa shape index (κ1) is 16.0. The summed E-state index contributed by atoms with van der Waals surface area (Å²) in [5, 5.41) is 1.82. The van der Waals surface area contributed by atoms with Crippen molar-refractivity contribution in [2.24, 2.45) is 0 Å². The smallest absolute Gasteiger partial charge is 0.309 e. The summed E-state index contributed by atoms with van der Waals surface area (Å²) >= 11 is 0. The number of benzene rings is 1. The molecule has 116 valence electrons.